The number of carboxylic acid groups (broad SMARTS) is 1. The Morgan fingerprint density at radius 2 is 1.59 bits per heavy atom. The van der Waals surface area contributed by atoms with E-state index in [2.05, 4.69) is 0 Å². The highest BCUT2D eigenvalue weighted by Gasteiger charge is 2.48. The molecule has 2 aliphatic rings. The van der Waals surface area contributed by atoms with Gasteiger partial charge in [-0.2, -0.15) is 0 Å². The SMILES string of the molecule is CC(C)(C)OC(=O)N1c2ccccc2C[C@@H]1C(=O)N1[C@@H](C(=O)O)CC[C@H]1c1ccccc1. The average Bonchev–Trinajstić information content (AvgIpc) is 3.35. The first-order chi connectivity index (χ1) is 15.2. The van der Waals surface area contributed by atoms with Crippen LogP contribution in [0, 0.1) is 0 Å². The Hall–Kier alpha value is -3.35. The van der Waals surface area contributed by atoms with Gasteiger partial charge < -0.3 is 14.7 Å². The smallest absolute Gasteiger partial charge is 0.415 e. The molecule has 168 valence electrons. The van der Waals surface area contributed by atoms with E-state index in [4.69, 9.17) is 4.74 Å². The number of nitrogens with zero attached hydrogens (tertiary/aromatic N) is 2. The first kappa shape index (κ1) is 21.9. The standard InChI is InChI=1S/C25H28N2O5/c1-25(2,3)32-24(31)27-18-12-8-7-11-17(18)15-21(27)22(28)26-19(13-14-20(26)23(29)30)16-9-5-4-6-10-16/h4-12,19-21H,13-15H2,1-3H3,(H,29,30)/t19-,20+,21+/m0/s1. The van der Waals surface area contributed by atoms with Gasteiger partial charge in [0.25, 0.3) is 0 Å². The maximum Gasteiger partial charge on any atom is 0.415 e. The molecule has 0 spiro atoms. The van der Waals surface area contributed by atoms with Crippen LogP contribution < -0.4 is 4.90 Å². The van der Waals surface area contributed by atoms with E-state index >= 15 is 0 Å². The summed E-state index contributed by atoms with van der Waals surface area (Å²) >= 11 is 0. The van der Waals surface area contributed by atoms with Crippen LogP contribution in [0.4, 0.5) is 10.5 Å². The summed E-state index contributed by atoms with van der Waals surface area (Å²) < 4.78 is 5.61. The van der Waals surface area contributed by atoms with Crippen LogP contribution in [-0.2, 0) is 20.7 Å². The van der Waals surface area contributed by atoms with Crippen molar-refractivity contribution < 1.29 is 24.2 Å². The Morgan fingerprint density at radius 3 is 2.25 bits per heavy atom. The normalized spacial score (nSPS) is 22.5. The molecule has 4 rings (SSSR count). The summed E-state index contributed by atoms with van der Waals surface area (Å²) in [4.78, 5) is 41.9. The molecule has 0 unspecified atom stereocenters. The lowest BCUT2D eigenvalue weighted by atomic mass is 10.0. The number of likely N-dealkylation sites (tertiary alicyclic amines) is 1. The van der Waals surface area contributed by atoms with E-state index in [-0.39, 0.29) is 11.9 Å². The Bertz CT molecular complexity index is 1030. The Morgan fingerprint density at radius 1 is 0.938 bits per heavy atom. The predicted octanol–water partition coefficient (Wildman–Crippen LogP) is 4.17. The number of benzene rings is 2. The lowest BCUT2D eigenvalue weighted by Crippen LogP contribution is -2.53. The average molecular weight is 437 g/mol. The summed E-state index contributed by atoms with van der Waals surface area (Å²) in [5.74, 6) is -1.40. The number of anilines is 1. The van der Waals surface area contributed by atoms with Crippen molar-refractivity contribution in [2.24, 2.45) is 0 Å². The number of hydrogen-bond donors (Lipinski definition) is 1. The molecule has 2 aliphatic heterocycles. The lowest BCUT2D eigenvalue weighted by molar-refractivity contribution is -0.150. The van der Waals surface area contributed by atoms with Crippen molar-refractivity contribution in [1.29, 1.82) is 0 Å². The molecule has 1 fully saturated rings. The van der Waals surface area contributed by atoms with Crippen LogP contribution in [0.5, 0.6) is 0 Å². The van der Waals surface area contributed by atoms with Crippen LogP contribution in [0.1, 0.15) is 50.8 Å². The van der Waals surface area contributed by atoms with E-state index in [1.165, 1.54) is 9.80 Å². The van der Waals surface area contributed by atoms with Crippen molar-refractivity contribution in [3.8, 4) is 0 Å². The third-order valence-electron chi connectivity index (χ3n) is 5.96. The van der Waals surface area contributed by atoms with E-state index in [0.29, 0.717) is 24.9 Å². The fourth-order valence-electron chi connectivity index (χ4n) is 4.66. The van der Waals surface area contributed by atoms with Crippen LogP contribution in [-0.4, -0.2) is 45.7 Å². The second-order valence-corrected chi connectivity index (χ2v) is 9.30. The highest BCUT2D eigenvalue weighted by Crippen LogP contribution is 2.40. The van der Waals surface area contributed by atoms with Gasteiger partial charge in [0.1, 0.15) is 17.7 Å². The zero-order chi connectivity index (χ0) is 23.0. The monoisotopic (exact) mass is 436 g/mol. The minimum atomic E-state index is -1.03. The number of aliphatic carboxylic acids is 1. The third-order valence-corrected chi connectivity index (χ3v) is 5.96. The van der Waals surface area contributed by atoms with Gasteiger partial charge in [0, 0.05) is 6.42 Å². The first-order valence-electron chi connectivity index (χ1n) is 10.9. The molecule has 1 N–H and O–H groups in total. The highest BCUT2D eigenvalue weighted by molar-refractivity contribution is 6.01. The van der Waals surface area contributed by atoms with Crippen LogP contribution >= 0.6 is 0 Å². The van der Waals surface area contributed by atoms with Gasteiger partial charge in [-0.05, 0) is 50.8 Å². The van der Waals surface area contributed by atoms with Gasteiger partial charge in [0.2, 0.25) is 5.91 Å². The molecule has 2 aromatic rings. The minimum Gasteiger partial charge on any atom is -0.480 e. The molecule has 2 amide bonds. The third kappa shape index (κ3) is 4.07. The first-order valence-corrected chi connectivity index (χ1v) is 10.9. The highest BCUT2D eigenvalue weighted by atomic mass is 16.6. The Balaban J connectivity index is 1.71. The topological polar surface area (TPSA) is 87.2 Å². The molecule has 2 aromatic carbocycles. The molecule has 3 atom stereocenters. The van der Waals surface area contributed by atoms with E-state index in [9.17, 15) is 19.5 Å². The number of fused-ring (bicyclic) bond motifs is 1. The quantitative estimate of drug-likeness (QED) is 0.780. The van der Waals surface area contributed by atoms with Crippen LogP contribution in [0.3, 0.4) is 0 Å². The summed E-state index contributed by atoms with van der Waals surface area (Å²) in [6.45, 7) is 5.32. The molecular weight excluding hydrogens is 408 g/mol. The molecule has 0 radical (unpaired) electrons. The van der Waals surface area contributed by atoms with Gasteiger partial charge in [-0.15, -0.1) is 0 Å². The van der Waals surface area contributed by atoms with E-state index in [1.807, 2.05) is 48.5 Å². The minimum absolute atomic E-state index is 0.318. The van der Waals surface area contributed by atoms with Gasteiger partial charge in [0.05, 0.1) is 11.7 Å². The second kappa shape index (κ2) is 8.30. The van der Waals surface area contributed by atoms with Gasteiger partial charge in [0.15, 0.2) is 0 Å². The maximum absolute atomic E-state index is 13.9. The molecular formula is C25H28N2O5. The van der Waals surface area contributed by atoms with Crippen molar-refractivity contribution >= 4 is 23.7 Å². The van der Waals surface area contributed by atoms with Gasteiger partial charge in [-0.1, -0.05) is 48.5 Å². The maximum atomic E-state index is 13.9. The molecule has 0 aliphatic carbocycles. The lowest BCUT2D eigenvalue weighted by Gasteiger charge is -2.34. The summed E-state index contributed by atoms with van der Waals surface area (Å²) in [5, 5.41) is 9.84. The number of hydrogen-bond acceptors (Lipinski definition) is 4. The van der Waals surface area contributed by atoms with Gasteiger partial charge >= 0.3 is 12.1 Å². The second-order valence-electron chi connectivity index (χ2n) is 9.30. The van der Waals surface area contributed by atoms with E-state index < -0.39 is 29.7 Å². The molecule has 7 heteroatoms. The molecule has 0 aromatic heterocycles. The van der Waals surface area contributed by atoms with Crippen LogP contribution in [0.2, 0.25) is 0 Å². The van der Waals surface area contributed by atoms with Crippen molar-refractivity contribution in [2.45, 2.75) is 63.8 Å². The number of carboxylic acids is 1. The van der Waals surface area contributed by atoms with Gasteiger partial charge in [-0.3, -0.25) is 9.69 Å². The van der Waals surface area contributed by atoms with E-state index in [1.54, 1.807) is 26.8 Å². The number of para-hydroxylation sites is 1. The molecule has 0 bridgehead atoms. The van der Waals surface area contributed by atoms with E-state index in [0.717, 1.165) is 11.1 Å². The predicted molar refractivity (Wildman–Crippen MR) is 119 cm³/mol. The summed E-state index contributed by atoms with van der Waals surface area (Å²) in [7, 11) is 0. The summed E-state index contributed by atoms with van der Waals surface area (Å²) in [6.07, 6.45) is 0.632. The van der Waals surface area contributed by atoms with Crippen LogP contribution in [0.25, 0.3) is 0 Å². The number of carbonyl (C=O) groups excluding carboxylic acids is 2. The number of amides is 2. The fourth-order valence-corrected chi connectivity index (χ4v) is 4.66. The fraction of sp³-hybridized carbons (Fsp3) is 0.400. The van der Waals surface area contributed by atoms with Crippen LogP contribution in [0.15, 0.2) is 54.6 Å². The van der Waals surface area contributed by atoms with Crippen molar-refractivity contribution in [3.63, 3.8) is 0 Å². The summed E-state index contributed by atoms with van der Waals surface area (Å²) in [6, 6.07) is 14.7. The Kier molecular flexibility index (Phi) is 5.67. The zero-order valence-electron chi connectivity index (χ0n) is 18.5. The molecule has 0 saturated carbocycles. The Labute approximate surface area is 187 Å². The largest absolute Gasteiger partial charge is 0.480 e. The van der Waals surface area contributed by atoms with Crippen molar-refractivity contribution in [2.75, 3.05) is 4.90 Å². The molecule has 2 heterocycles. The number of carbonyl (C=O) groups is 3. The zero-order valence-corrected chi connectivity index (χ0v) is 18.5. The van der Waals surface area contributed by atoms with Gasteiger partial charge in [-0.25, -0.2) is 9.59 Å². The van der Waals surface area contributed by atoms with Crippen molar-refractivity contribution in [3.05, 3.63) is 65.7 Å². The molecule has 7 nitrogen and oxygen atoms in total. The molecule has 32 heavy (non-hydrogen) atoms. The number of ether oxygens (including phenoxy) is 1. The van der Waals surface area contributed by atoms with Crippen molar-refractivity contribution in [1.82, 2.24) is 4.90 Å². The number of rotatable bonds is 3. The summed E-state index contributed by atoms with van der Waals surface area (Å²) in [5.41, 5.74) is 1.65. The molecule has 1 saturated heterocycles.